The van der Waals surface area contributed by atoms with E-state index in [4.69, 9.17) is 5.73 Å². The van der Waals surface area contributed by atoms with Crippen molar-refractivity contribution in [2.24, 2.45) is 11.7 Å². The van der Waals surface area contributed by atoms with Crippen molar-refractivity contribution in [3.8, 4) is 0 Å². The molecule has 0 aromatic heterocycles. The monoisotopic (exact) mass is 112 g/mol. The van der Waals surface area contributed by atoms with Crippen molar-refractivity contribution in [1.29, 1.82) is 0 Å². The quantitative estimate of drug-likeness (QED) is 0.470. The zero-order valence-corrected chi connectivity index (χ0v) is 5.27. The van der Waals surface area contributed by atoms with Gasteiger partial charge in [0.05, 0.1) is 6.92 Å². The molecule has 1 rings (SSSR count). The standard InChI is InChI=1S/C7H14N/c1-6-4-2-3-5-7(6)8/h6-7H,1-5,8H2/q+1/t6-,7+/m1/s1. The first-order chi connectivity index (χ1) is 3.80. The molecular formula is C7H14N+. The molecule has 1 fully saturated rings. The topological polar surface area (TPSA) is 26.0 Å². The lowest BCUT2D eigenvalue weighted by atomic mass is 9.87. The molecular weight excluding hydrogens is 98.1 g/mol. The Kier molecular flexibility index (Phi) is 1.79. The number of rotatable bonds is 0. The van der Waals surface area contributed by atoms with Gasteiger partial charge in [0.25, 0.3) is 0 Å². The molecule has 8 heavy (non-hydrogen) atoms. The lowest BCUT2D eigenvalue weighted by Gasteiger charge is -2.19. The number of hydrogen-bond donors (Lipinski definition) is 1. The van der Waals surface area contributed by atoms with E-state index in [2.05, 4.69) is 6.92 Å². The molecule has 0 saturated heterocycles. The third-order valence-corrected chi connectivity index (χ3v) is 1.97. The third kappa shape index (κ3) is 1.16. The molecule has 0 amide bonds. The van der Waals surface area contributed by atoms with Crippen molar-refractivity contribution < 1.29 is 0 Å². The highest BCUT2D eigenvalue weighted by molar-refractivity contribution is 4.78. The van der Waals surface area contributed by atoms with Gasteiger partial charge in [0.1, 0.15) is 5.92 Å². The highest BCUT2D eigenvalue weighted by atomic mass is 14.6. The Morgan fingerprint density at radius 1 is 1.25 bits per heavy atom. The van der Waals surface area contributed by atoms with E-state index in [-0.39, 0.29) is 0 Å². The smallest absolute Gasteiger partial charge is 0.110 e. The highest BCUT2D eigenvalue weighted by Gasteiger charge is 2.21. The second kappa shape index (κ2) is 2.40. The fourth-order valence-corrected chi connectivity index (χ4v) is 1.24. The lowest BCUT2D eigenvalue weighted by Crippen LogP contribution is -2.30. The lowest BCUT2D eigenvalue weighted by molar-refractivity contribution is 0.359. The Labute approximate surface area is 51.3 Å². The van der Waals surface area contributed by atoms with Crippen LogP contribution in [0.5, 0.6) is 0 Å². The van der Waals surface area contributed by atoms with Crippen molar-refractivity contribution in [3.05, 3.63) is 6.92 Å². The second-order valence-electron chi connectivity index (χ2n) is 2.71. The van der Waals surface area contributed by atoms with Gasteiger partial charge in [-0.2, -0.15) is 0 Å². The summed E-state index contributed by atoms with van der Waals surface area (Å²) in [6, 6.07) is 0.392. The van der Waals surface area contributed by atoms with Crippen LogP contribution in [0.2, 0.25) is 0 Å². The first-order valence-electron chi connectivity index (χ1n) is 3.39. The summed E-state index contributed by atoms with van der Waals surface area (Å²) in [6.07, 6.45) is 5.07. The van der Waals surface area contributed by atoms with Gasteiger partial charge in [-0.05, 0) is 19.3 Å². The van der Waals surface area contributed by atoms with Gasteiger partial charge in [0, 0.05) is 6.04 Å². The van der Waals surface area contributed by atoms with Crippen LogP contribution >= 0.6 is 0 Å². The van der Waals surface area contributed by atoms with Crippen LogP contribution < -0.4 is 5.73 Å². The van der Waals surface area contributed by atoms with Crippen LogP contribution in [0.1, 0.15) is 25.7 Å². The van der Waals surface area contributed by atoms with E-state index in [1.807, 2.05) is 0 Å². The van der Waals surface area contributed by atoms with Crippen LogP contribution in [0.15, 0.2) is 0 Å². The molecule has 1 saturated carbocycles. The van der Waals surface area contributed by atoms with Gasteiger partial charge >= 0.3 is 0 Å². The average molecular weight is 112 g/mol. The molecule has 0 aromatic carbocycles. The molecule has 46 valence electrons. The predicted octanol–water partition coefficient (Wildman–Crippen LogP) is 1.34. The summed E-state index contributed by atoms with van der Waals surface area (Å²) in [5.74, 6) is 0.531. The fourth-order valence-electron chi connectivity index (χ4n) is 1.24. The molecule has 0 heterocycles. The van der Waals surface area contributed by atoms with E-state index in [1.165, 1.54) is 25.7 Å². The van der Waals surface area contributed by atoms with Crippen LogP contribution in [0.25, 0.3) is 0 Å². The van der Waals surface area contributed by atoms with Crippen LogP contribution in [-0.4, -0.2) is 6.04 Å². The van der Waals surface area contributed by atoms with Gasteiger partial charge in [-0.3, -0.25) is 0 Å². The molecule has 0 aromatic rings. The summed E-state index contributed by atoms with van der Waals surface area (Å²) in [5.41, 5.74) is 5.72. The predicted molar refractivity (Wildman–Crippen MR) is 35.3 cm³/mol. The summed E-state index contributed by atoms with van der Waals surface area (Å²) in [5, 5.41) is 0. The summed E-state index contributed by atoms with van der Waals surface area (Å²) >= 11 is 0. The molecule has 2 atom stereocenters. The molecule has 2 N–H and O–H groups in total. The van der Waals surface area contributed by atoms with Gasteiger partial charge in [0.2, 0.25) is 0 Å². The van der Waals surface area contributed by atoms with Gasteiger partial charge in [-0.15, -0.1) is 0 Å². The van der Waals surface area contributed by atoms with Crippen molar-refractivity contribution in [2.75, 3.05) is 0 Å². The van der Waals surface area contributed by atoms with Crippen molar-refractivity contribution in [3.63, 3.8) is 0 Å². The molecule has 0 aliphatic heterocycles. The Morgan fingerprint density at radius 3 is 2.25 bits per heavy atom. The maximum Gasteiger partial charge on any atom is 0.110 e. The maximum absolute atomic E-state index is 5.72. The SMILES string of the molecule is [CH2+][C@@H]1CCCC[C@@H]1N. The van der Waals surface area contributed by atoms with Crippen molar-refractivity contribution >= 4 is 0 Å². The molecule has 0 unspecified atom stereocenters. The van der Waals surface area contributed by atoms with Gasteiger partial charge in [-0.1, -0.05) is 6.42 Å². The van der Waals surface area contributed by atoms with E-state index >= 15 is 0 Å². The van der Waals surface area contributed by atoms with E-state index in [0.717, 1.165) is 0 Å². The number of nitrogens with two attached hydrogens (primary N) is 1. The van der Waals surface area contributed by atoms with Crippen LogP contribution in [0, 0.1) is 12.8 Å². The molecule has 0 spiro atoms. The second-order valence-corrected chi connectivity index (χ2v) is 2.71. The molecule has 1 heteroatoms. The van der Waals surface area contributed by atoms with Crippen LogP contribution in [0.3, 0.4) is 0 Å². The Hall–Kier alpha value is -0.170. The van der Waals surface area contributed by atoms with Crippen LogP contribution in [-0.2, 0) is 0 Å². The van der Waals surface area contributed by atoms with Gasteiger partial charge in [0.15, 0.2) is 0 Å². The largest absolute Gasteiger partial charge is 0.324 e. The fraction of sp³-hybridized carbons (Fsp3) is 0.857. The first-order valence-corrected chi connectivity index (χ1v) is 3.39. The zero-order valence-electron chi connectivity index (χ0n) is 5.27. The summed E-state index contributed by atoms with van der Waals surface area (Å²) in [7, 11) is 0. The number of hydrogen-bond acceptors (Lipinski definition) is 1. The molecule has 0 bridgehead atoms. The summed E-state index contributed by atoms with van der Waals surface area (Å²) in [6.45, 7) is 3.95. The van der Waals surface area contributed by atoms with E-state index in [9.17, 15) is 0 Å². The summed E-state index contributed by atoms with van der Waals surface area (Å²) < 4.78 is 0. The normalized spacial score (nSPS) is 39.6. The maximum atomic E-state index is 5.72. The molecule has 1 aliphatic carbocycles. The first kappa shape index (κ1) is 5.96. The van der Waals surface area contributed by atoms with Gasteiger partial charge < -0.3 is 5.73 Å². The molecule has 1 aliphatic rings. The summed E-state index contributed by atoms with van der Waals surface area (Å²) in [4.78, 5) is 0. The van der Waals surface area contributed by atoms with E-state index < -0.39 is 0 Å². The third-order valence-electron chi connectivity index (χ3n) is 1.97. The van der Waals surface area contributed by atoms with E-state index in [1.54, 1.807) is 0 Å². The minimum atomic E-state index is 0.392. The van der Waals surface area contributed by atoms with Crippen molar-refractivity contribution in [2.45, 2.75) is 31.7 Å². The average Bonchev–Trinajstić information content (AvgIpc) is 1.77. The Balaban J connectivity index is 2.28. The minimum absolute atomic E-state index is 0.392. The molecule has 1 nitrogen and oxygen atoms in total. The Bertz CT molecular complexity index is 60.8. The highest BCUT2D eigenvalue weighted by Crippen LogP contribution is 2.21. The Morgan fingerprint density at radius 2 is 1.88 bits per heavy atom. The van der Waals surface area contributed by atoms with Crippen LogP contribution in [0.4, 0.5) is 0 Å². The van der Waals surface area contributed by atoms with Gasteiger partial charge in [-0.25, -0.2) is 0 Å². The molecule has 0 radical (unpaired) electrons. The zero-order chi connectivity index (χ0) is 5.98. The van der Waals surface area contributed by atoms with E-state index in [0.29, 0.717) is 12.0 Å². The van der Waals surface area contributed by atoms with Crippen molar-refractivity contribution in [1.82, 2.24) is 0 Å². The minimum Gasteiger partial charge on any atom is -0.324 e.